The quantitative estimate of drug-likeness (QED) is 0.490. The minimum absolute atomic E-state index is 0.0912. The zero-order valence-electron chi connectivity index (χ0n) is 15.1. The monoisotopic (exact) mass is 396 g/mol. The van der Waals surface area contributed by atoms with Gasteiger partial charge in [0.05, 0.1) is 12.1 Å². The van der Waals surface area contributed by atoms with Crippen LogP contribution in [0.25, 0.3) is 10.9 Å². The van der Waals surface area contributed by atoms with Gasteiger partial charge in [0.1, 0.15) is 11.4 Å². The van der Waals surface area contributed by atoms with Crippen molar-refractivity contribution in [2.75, 3.05) is 6.54 Å². The Bertz CT molecular complexity index is 1160. The van der Waals surface area contributed by atoms with E-state index in [9.17, 15) is 23.6 Å². The van der Waals surface area contributed by atoms with Crippen LogP contribution in [0.3, 0.4) is 0 Å². The van der Waals surface area contributed by atoms with Crippen LogP contribution >= 0.6 is 0 Å². The first-order valence-corrected chi connectivity index (χ1v) is 8.60. The van der Waals surface area contributed by atoms with Crippen LogP contribution < -0.4 is 21.9 Å². The van der Waals surface area contributed by atoms with Gasteiger partial charge in [0, 0.05) is 12.1 Å². The van der Waals surface area contributed by atoms with Gasteiger partial charge in [-0.25, -0.2) is 4.39 Å². The van der Waals surface area contributed by atoms with Gasteiger partial charge in [-0.1, -0.05) is 12.1 Å². The van der Waals surface area contributed by atoms with Crippen molar-refractivity contribution < 1.29 is 18.8 Å². The van der Waals surface area contributed by atoms with Gasteiger partial charge in [-0.3, -0.25) is 19.2 Å². The van der Waals surface area contributed by atoms with Gasteiger partial charge in [0.2, 0.25) is 5.91 Å². The number of primary amides is 1. The van der Waals surface area contributed by atoms with Crippen molar-refractivity contribution >= 4 is 28.6 Å². The molecular weight excluding hydrogens is 379 g/mol. The second kappa shape index (κ2) is 8.34. The fraction of sp³-hybridized carbons (Fsp3) is 0.100. The number of hydrogen-bond acceptors (Lipinski definition) is 4. The van der Waals surface area contributed by atoms with E-state index in [0.29, 0.717) is 22.0 Å². The minimum atomic E-state index is -0.647. The zero-order valence-corrected chi connectivity index (χ0v) is 15.1. The Morgan fingerprint density at radius 3 is 2.38 bits per heavy atom. The normalized spacial score (nSPS) is 10.5. The summed E-state index contributed by atoms with van der Waals surface area (Å²) in [5, 5.41) is 5.53. The van der Waals surface area contributed by atoms with Crippen molar-refractivity contribution in [3.63, 3.8) is 0 Å². The molecule has 1 aromatic heterocycles. The lowest BCUT2D eigenvalue weighted by molar-refractivity contribution is -0.117. The van der Waals surface area contributed by atoms with E-state index in [4.69, 9.17) is 5.73 Å². The lowest BCUT2D eigenvalue weighted by Gasteiger charge is -2.07. The fourth-order valence-electron chi connectivity index (χ4n) is 2.66. The van der Waals surface area contributed by atoms with Crippen LogP contribution in [0.5, 0.6) is 0 Å². The van der Waals surface area contributed by atoms with E-state index in [1.165, 1.54) is 36.4 Å². The summed E-state index contributed by atoms with van der Waals surface area (Å²) in [7, 11) is 0. The third kappa shape index (κ3) is 4.83. The van der Waals surface area contributed by atoms with Gasteiger partial charge in [-0.05, 0) is 47.3 Å². The lowest BCUT2D eigenvalue weighted by Crippen LogP contribution is -2.33. The highest BCUT2D eigenvalue weighted by atomic mass is 19.1. The summed E-state index contributed by atoms with van der Waals surface area (Å²) in [5.41, 5.74) is 5.59. The number of benzene rings is 2. The number of fused-ring (bicyclic) bond motifs is 1. The number of carbonyl (C=O) groups excluding carboxylic acids is 3. The molecule has 9 heteroatoms. The maximum Gasteiger partial charge on any atom is 0.261 e. The van der Waals surface area contributed by atoms with Gasteiger partial charge < -0.3 is 21.4 Å². The number of H-pyrrole nitrogens is 1. The molecule has 0 saturated carbocycles. The number of nitrogens with one attached hydrogen (secondary N) is 3. The number of hydrogen-bond donors (Lipinski definition) is 4. The summed E-state index contributed by atoms with van der Waals surface area (Å²) in [6, 6.07) is 11.6. The van der Waals surface area contributed by atoms with E-state index in [1.54, 1.807) is 12.1 Å². The number of halogens is 1. The number of amides is 3. The first-order valence-electron chi connectivity index (χ1n) is 8.60. The first-order chi connectivity index (χ1) is 13.8. The van der Waals surface area contributed by atoms with Crippen LogP contribution in [0.1, 0.15) is 26.3 Å². The summed E-state index contributed by atoms with van der Waals surface area (Å²) < 4.78 is 13.2. The predicted molar refractivity (Wildman–Crippen MR) is 104 cm³/mol. The Hall–Kier alpha value is -4.01. The summed E-state index contributed by atoms with van der Waals surface area (Å²) >= 11 is 0. The number of aromatic nitrogens is 1. The van der Waals surface area contributed by atoms with E-state index in [2.05, 4.69) is 15.6 Å². The van der Waals surface area contributed by atoms with Crippen molar-refractivity contribution in [3.8, 4) is 0 Å². The zero-order chi connectivity index (χ0) is 21.0. The Kier molecular flexibility index (Phi) is 5.68. The Labute approximate surface area is 163 Å². The summed E-state index contributed by atoms with van der Waals surface area (Å²) in [5.74, 6) is -2.16. The van der Waals surface area contributed by atoms with Gasteiger partial charge in [0.15, 0.2) is 0 Å². The van der Waals surface area contributed by atoms with Crippen molar-refractivity contribution in [3.05, 3.63) is 81.4 Å². The Balaban J connectivity index is 1.66. The SMILES string of the molecule is NC(=O)CNC(=O)c1ccc(CNC(=O)c2cc3ccc(F)cc3[nH]c2=O)cc1. The molecule has 0 radical (unpaired) electrons. The third-order valence-corrected chi connectivity index (χ3v) is 4.15. The number of rotatable bonds is 6. The molecule has 0 aliphatic rings. The van der Waals surface area contributed by atoms with Crippen LogP contribution in [0.4, 0.5) is 4.39 Å². The fourth-order valence-corrected chi connectivity index (χ4v) is 2.66. The molecule has 148 valence electrons. The summed E-state index contributed by atoms with van der Waals surface area (Å²) in [4.78, 5) is 49.5. The van der Waals surface area contributed by atoms with E-state index in [-0.39, 0.29) is 18.7 Å². The number of aromatic amines is 1. The molecule has 8 nitrogen and oxygen atoms in total. The second-order valence-electron chi connectivity index (χ2n) is 6.27. The third-order valence-electron chi connectivity index (χ3n) is 4.15. The van der Waals surface area contributed by atoms with E-state index in [0.717, 1.165) is 0 Å². The highest BCUT2D eigenvalue weighted by molar-refractivity contribution is 5.97. The van der Waals surface area contributed by atoms with Crippen molar-refractivity contribution in [2.24, 2.45) is 5.73 Å². The molecule has 2 aromatic carbocycles. The van der Waals surface area contributed by atoms with Crippen LogP contribution in [0, 0.1) is 5.82 Å². The first kappa shape index (κ1) is 19.7. The molecule has 3 aromatic rings. The molecule has 0 unspecified atom stereocenters. The molecule has 3 amide bonds. The van der Waals surface area contributed by atoms with Crippen LogP contribution in [-0.2, 0) is 11.3 Å². The predicted octanol–water partition coefficient (Wildman–Crippen LogP) is 0.812. The highest BCUT2D eigenvalue weighted by Gasteiger charge is 2.12. The van der Waals surface area contributed by atoms with E-state index < -0.39 is 29.1 Å². The molecule has 29 heavy (non-hydrogen) atoms. The molecule has 0 aliphatic heterocycles. The molecule has 0 saturated heterocycles. The van der Waals surface area contributed by atoms with Crippen molar-refractivity contribution in [1.82, 2.24) is 15.6 Å². The van der Waals surface area contributed by atoms with Gasteiger partial charge in [-0.2, -0.15) is 0 Å². The average Bonchev–Trinajstić information content (AvgIpc) is 2.70. The van der Waals surface area contributed by atoms with Crippen LogP contribution in [0.15, 0.2) is 53.3 Å². The molecule has 0 aliphatic carbocycles. The van der Waals surface area contributed by atoms with Gasteiger partial charge in [0.25, 0.3) is 17.4 Å². The highest BCUT2D eigenvalue weighted by Crippen LogP contribution is 2.13. The molecule has 5 N–H and O–H groups in total. The maximum atomic E-state index is 13.2. The molecular formula is C20H17FN4O4. The topological polar surface area (TPSA) is 134 Å². The van der Waals surface area contributed by atoms with E-state index in [1.807, 2.05) is 0 Å². The summed E-state index contributed by atoms with van der Waals surface area (Å²) in [6.45, 7) is -0.132. The number of carbonyl (C=O) groups is 3. The largest absolute Gasteiger partial charge is 0.368 e. The molecule has 0 atom stereocenters. The van der Waals surface area contributed by atoms with Gasteiger partial charge in [-0.15, -0.1) is 0 Å². The second-order valence-corrected chi connectivity index (χ2v) is 6.27. The maximum absolute atomic E-state index is 13.2. The Morgan fingerprint density at radius 1 is 0.966 bits per heavy atom. The summed E-state index contributed by atoms with van der Waals surface area (Å²) in [6.07, 6.45) is 0. The number of nitrogens with two attached hydrogens (primary N) is 1. The number of pyridine rings is 1. The van der Waals surface area contributed by atoms with E-state index >= 15 is 0 Å². The smallest absolute Gasteiger partial charge is 0.261 e. The van der Waals surface area contributed by atoms with Gasteiger partial charge >= 0.3 is 0 Å². The average molecular weight is 396 g/mol. The molecule has 1 heterocycles. The van der Waals surface area contributed by atoms with Crippen LogP contribution in [-0.4, -0.2) is 29.3 Å². The standard InChI is InChI=1S/C20H17FN4O4/c21-14-6-5-13-7-15(20(29)25-16(13)8-14)19(28)23-9-11-1-3-12(4-2-11)18(27)24-10-17(22)26/h1-8H,9-10H2,(H2,22,26)(H,23,28)(H,24,27)(H,25,29). The molecule has 3 rings (SSSR count). The molecule has 0 fully saturated rings. The molecule has 0 bridgehead atoms. The minimum Gasteiger partial charge on any atom is -0.368 e. The lowest BCUT2D eigenvalue weighted by atomic mass is 10.1. The van der Waals surface area contributed by atoms with Crippen molar-refractivity contribution in [2.45, 2.75) is 6.54 Å². The van der Waals surface area contributed by atoms with Crippen LogP contribution in [0.2, 0.25) is 0 Å². The van der Waals surface area contributed by atoms with Crippen molar-refractivity contribution in [1.29, 1.82) is 0 Å². The Morgan fingerprint density at radius 2 is 1.69 bits per heavy atom. The molecule has 0 spiro atoms.